The van der Waals surface area contributed by atoms with Crippen LogP contribution < -0.4 is 5.32 Å². The summed E-state index contributed by atoms with van der Waals surface area (Å²) in [6, 6.07) is 15.4. The monoisotopic (exact) mass is 297 g/mol. The predicted octanol–water partition coefficient (Wildman–Crippen LogP) is 3.04. The number of nitriles is 1. The van der Waals surface area contributed by atoms with Crippen molar-refractivity contribution in [1.82, 2.24) is 10.2 Å². The van der Waals surface area contributed by atoms with E-state index in [1.807, 2.05) is 36.4 Å². The lowest BCUT2D eigenvalue weighted by Crippen LogP contribution is -2.36. The van der Waals surface area contributed by atoms with Gasteiger partial charge in [-0.2, -0.15) is 5.26 Å². The van der Waals surface area contributed by atoms with E-state index in [4.69, 9.17) is 5.26 Å². The van der Waals surface area contributed by atoms with E-state index in [0.717, 1.165) is 11.6 Å². The van der Waals surface area contributed by atoms with E-state index >= 15 is 0 Å². The van der Waals surface area contributed by atoms with Gasteiger partial charge in [0.25, 0.3) is 0 Å². The SMILES string of the molecule is CN(Cc1ccccc1)C(=O)NCc1ccc(C#N)cc1F. The molecular weight excluding hydrogens is 281 g/mol. The summed E-state index contributed by atoms with van der Waals surface area (Å²) < 4.78 is 13.7. The summed E-state index contributed by atoms with van der Waals surface area (Å²) in [4.78, 5) is 13.5. The van der Waals surface area contributed by atoms with E-state index < -0.39 is 5.82 Å². The number of benzene rings is 2. The van der Waals surface area contributed by atoms with Crippen LogP contribution in [0, 0.1) is 17.1 Å². The second kappa shape index (κ2) is 7.23. The number of hydrogen-bond donors (Lipinski definition) is 1. The van der Waals surface area contributed by atoms with Crippen molar-refractivity contribution in [3.05, 3.63) is 71.0 Å². The smallest absolute Gasteiger partial charge is 0.317 e. The summed E-state index contributed by atoms with van der Waals surface area (Å²) in [7, 11) is 1.68. The first-order valence-corrected chi connectivity index (χ1v) is 6.81. The summed E-state index contributed by atoms with van der Waals surface area (Å²) in [5.41, 5.74) is 1.62. The van der Waals surface area contributed by atoms with Gasteiger partial charge in [-0.05, 0) is 17.7 Å². The maximum Gasteiger partial charge on any atom is 0.317 e. The largest absolute Gasteiger partial charge is 0.334 e. The highest BCUT2D eigenvalue weighted by atomic mass is 19.1. The molecular formula is C17H16FN3O. The molecule has 0 atom stereocenters. The second-order valence-corrected chi connectivity index (χ2v) is 4.92. The van der Waals surface area contributed by atoms with Crippen molar-refractivity contribution < 1.29 is 9.18 Å². The van der Waals surface area contributed by atoms with E-state index in [0.29, 0.717) is 12.1 Å². The normalized spacial score (nSPS) is 9.86. The fourth-order valence-electron chi connectivity index (χ4n) is 2.00. The van der Waals surface area contributed by atoms with Gasteiger partial charge in [-0.15, -0.1) is 0 Å². The van der Waals surface area contributed by atoms with E-state index in [1.54, 1.807) is 7.05 Å². The number of rotatable bonds is 4. The zero-order valence-electron chi connectivity index (χ0n) is 12.2. The third-order valence-electron chi connectivity index (χ3n) is 3.22. The van der Waals surface area contributed by atoms with Crippen LogP contribution in [0.15, 0.2) is 48.5 Å². The number of carbonyl (C=O) groups excluding carboxylic acids is 1. The Labute approximate surface area is 128 Å². The first kappa shape index (κ1) is 15.5. The molecule has 0 fully saturated rings. The number of carbonyl (C=O) groups is 1. The number of nitrogens with one attached hydrogen (secondary N) is 1. The number of amides is 2. The Hall–Kier alpha value is -2.87. The molecule has 0 radical (unpaired) electrons. The molecule has 0 aliphatic heterocycles. The van der Waals surface area contributed by atoms with E-state index in [9.17, 15) is 9.18 Å². The van der Waals surface area contributed by atoms with Crippen molar-refractivity contribution in [3.8, 4) is 6.07 Å². The Balaban J connectivity index is 1.91. The van der Waals surface area contributed by atoms with Crippen LogP contribution in [-0.2, 0) is 13.1 Å². The average Bonchev–Trinajstić information content (AvgIpc) is 2.54. The molecule has 0 saturated heterocycles. The highest BCUT2D eigenvalue weighted by Crippen LogP contribution is 2.10. The highest BCUT2D eigenvalue weighted by Gasteiger charge is 2.10. The zero-order valence-corrected chi connectivity index (χ0v) is 12.2. The van der Waals surface area contributed by atoms with Crippen LogP contribution in [0.5, 0.6) is 0 Å². The number of halogens is 1. The molecule has 5 heteroatoms. The van der Waals surface area contributed by atoms with Gasteiger partial charge in [0, 0.05) is 25.7 Å². The van der Waals surface area contributed by atoms with Crippen molar-refractivity contribution in [2.24, 2.45) is 0 Å². The van der Waals surface area contributed by atoms with Gasteiger partial charge in [0.15, 0.2) is 0 Å². The Morgan fingerprint density at radius 1 is 1.27 bits per heavy atom. The van der Waals surface area contributed by atoms with Crippen LogP contribution >= 0.6 is 0 Å². The highest BCUT2D eigenvalue weighted by molar-refractivity contribution is 5.73. The molecule has 2 amide bonds. The molecule has 22 heavy (non-hydrogen) atoms. The van der Waals surface area contributed by atoms with Crippen LogP contribution in [0.1, 0.15) is 16.7 Å². The molecule has 0 heterocycles. The summed E-state index contributed by atoms with van der Waals surface area (Å²) in [5, 5.41) is 11.4. The lowest BCUT2D eigenvalue weighted by atomic mass is 10.1. The van der Waals surface area contributed by atoms with Crippen LogP contribution in [-0.4, -0.2) is 18.0 Å². The minimum atomic E-state index is -0.495. The van der Waals surface area contributed by atoms with Crippen LogP contribution in [0.3, 0.4) is 0 Å². The summed E-state index contributed by atoms with van der Waals surface area (Å²) in [6.45, 7) is 0.554. The topological polar surface area (TPSA) is 56.1 Å². The van der Waals surface area contributed by atoms with Crippen molar-refractivity contribution in [1.29, 1.82) is 5.26 Å². The predicted molar refractivity (Wildman–Crippen MR) is 81.3 cm³/mol. The summed E-state index contributed by atoms with van der Waals surface area (Å²) in [6.07, 6.45) is 0. The number of nitrogens with zero attached hydrogens (tertiary/aromatic N) is 2. The van der Waals surface area contributed by atoms with Gasteiger partial charge in [-0.25, -0.2) is 9.18 Å². The van der Waals surface area contributed by atoms with E-state index in [-0.39, 0.29) is 18.1 Å². The molecule has 2 rings (SSSR count). The van der Waals surface area contributed by atoms with Crippen LogP contribution in [0.4, 0.5) is 9.18 Å². The van der Waals surface area contributed by atoms with Crippen molar-refractivity contribution in [2.75, 3.05) is 7.05 Å². The standard InChI is InChI=1S/C17H16FN3O/c1-21(12-13-5-3-2-4-6-13)17(22)20-11-15-8-7-14(10-19)9-16(15)18/h2-9H,11-12H2,1H3,(H,20,22). The quantitative estimate of drug-likeness (QED) is 0.943. The van der Waals surface area contributed by atoms with Gasteiger partial charge in [0.1, 0.15) is 5.82 Å². The molecule has 0 saturated carbocycles. The molecule has 0 aliphatic rings. The minimum Gasteiger partial charge on any atom is -0.334 e. The maximum atomic E-state index is 13.7. The van der Waals surface area contributed by atoms with Crippen LogP contribution in [0.2, 0.25) is 0 Å². The summed E-state index contributed by atoms with van der Waals surface area (Å²) >= 11 is 0. The third-order valence-corrected chi connectivity index (χ3v) is 3.22. The van der Waals surface area contributed by atoms with Gasteiger partial charge in [-0.3, -0.25) is 0 Å². The van der Waals surface area contributed by atoms with Crippen molar-refractivity contribution in [2.45, 2.75) is 13.1 Å². The van der Waals surface area contributed by atoms with Crippen molar-refractivity contribution in [3.63, 3.8) is 0 Å². The lowest BCUT2D eigenvalue weighted by molar-refractivity contribution is 0.206. The van der Waals surface area contributed by atoms with Gasteiger partial charge >= 0.3 is 6.03 Å². The van der Waals surface area contributed by atoms with E-state index in [1.165, 1.54) is 17.0 Å². The zero-order chi connectivity index (χ0) is 15.9. The second-order valence-electron chi connectivity index (χ2n) is 4.92. The maximum absolute atomic E-state index is 13.7. The van der Waals surface area contributed by atoms with Gasteiger partial charge in [0.05, 0.1) is 11.6 Å². The first-order valence-electron chi connectivity index (χ1n) is 6.81. The average molecular weight is 297 g/mol. The van der Waals surface area contributed by atoms with Gasteiger partial charge in [-0.1, -0.05) is 36.4 Å². The minimum absolute atomic E-state index is 0.0789. The van der Waals surface area contributed by atoms with Gasteiger partial charge < -0.3 is 10.2 Å². The Kier molecular flexibility index (Phi) is 5.10. The molecule has 0 spiro atoms. The molecule has 0 unspecified atom stereocenters. The van der Waals surface area contributed by atoms with Crippen molar-refractivity contribution >= 4 is 6.03 Å². The van der Waals surface area contributed by atoms with E-state index in [2.05, 4.69) is 5.32 Å². The first-order chi connectivity index (χ1) is 10.6. The fourth-order valence-corrected chi connectivity index (χ4v) is 2.00. The fraction of sp³-hybridized carbons (Fsp3) is 0.176. The molecule has 112 valence electrons. The Morgan fingerprint density at radius 3 is 2.64 bits per heavy atom. The third kappa shape index (κ3) is 4.06. The Bertz CT molecular complexity index is 695. The molecule has 2 aromatic rings. The molecule has 1 N–H and O–H groups in total. The van der Waals surface area contributed by atoms with Crippen LogP contribution in [0.25, 0.3) is 0 Å². The number of urea groups is 1. The molecule has 4 nitrogen and oxygen atoms in total. The molecule has 0 bridgehead atoms. The Morgan fingerprint density at radius 2 is 2.00 bits per heavy atom. The lowest BCUT2D eigenvalue weighted by Gasteiger charge is -2.18. The molecule has 0 aliphatic carbocycles. The number of hydrogen-bond acceptors (Lipinski definition) is 2. The molecule has 0 aromatic heterocycles. The van der Waals surface area contributed by atoms with Gasteiger partial charge in [0.2, 0.25) is 0 Å². The molecule has 2 aromatic carbocycles. The summed E-state index contributed by atoms with van der Waals surface area (Å²) in [5.74, 6) is -0.495.